The lowest BCUT2D eigenvalue weighted by atomic mass is 9.92. The maximum absolute atomic E-state index is 12.2. The Kier molecular flexibility index (Phi) is 4.09. The van der Waals surface area contributed by atoms with Crippen molar-refractivity contribution in [1.29, 1.82) is 0 Å². The third kappa shape index (κ3) is 3.85. The zero-order valence-corrected chi connectivity index (χ0v) is 12.4. The van der Waals surface area contributed by atoms with E-state index in [4.69, 9.17) is 4.74 Å². The van der Waals surface area contributed by atoms with Gasteiger partial charge >= 0.3 is 6.09 Å². The first-order valence-corrected chi connectivity index (χ1v) is 7.51. The summed E-state index contributed by atoms with van der Waals surface area (Å²) < 4.78 is 5.45. The second-order valence-corrected chi connectivity index (χ2v) is 7.11. The number of amides is 1. The molecule has 1 atom stereocenters. The molecule has 2 rings (SSSR count). The largest absolute Gasteiger partial charge is 0.444 e. The SMILES string of the molecule is CC(C)(C)OC(=O)N1CCC[C@H]1CC1(O)CCCC1. The summed E-state index contributed by atoms with van der Waals surface area (Å²) in [6.07, 6.45) is 6.47. The first-order valence-electron chi connectivity index (χ1n) is 7.51. The van der Waals surface area contributed by atoms with Crippen LogP contribution in [0, 0.1) is 0 Å². The Morgan fingerprint density at radius 3 is 2.53 bits per heavy atom. The van der Waals surface area contributed by atoms with Gasteiger partial charge in [0, 0.05) is 12.6 Å². The second kappa shape index (κ2) is 5.31. The topological polar surface area (TPSA) is 49.8 Å². The van der Waals surface area contributed by atoms with Crippen LogP contribution >= 0.6 is 0 Å². The molecule has 1 aliphatic heterocycles. The molecule has 0 aromatic rings. The number of hydrogen-bond acceptors (Lipinski definition) is 3. The van der Waals surface area contributed by atoms with Crippen molar-refractivity contribution in [2.45, 2.75) is 83.0 Å². The molecule has 1 saturated carbocycles. The molecule has 0 radical (unpaired) electrons. The van der Waals surface area contributed by atoms with Crippen LogP contribution in [-0.4, -0.2) is 39.9 Å². The first-order chi connectivity index (χ1) is 8.79. The average molecular weight is 269 g/mol. The van der Waals surface area contributed by atoms with Crippen LogP contribution in [0.4, 0.5) is 4.79 Å². The summed E-state index contributed by atoms with van der Waals surface area (Å²) in [7, 11) is 0. The van der Waals surface area contributed by atoms with Crippen LogP contribution in [0.3, 0.4) is 0 Å². The number of aliphatic hydroxyl groups is 1. The van der Waals surface area contributed by atoms with E-state index in [1.807, 2.05) is 25.7 Å². The van der Waals surface area contributed by atoms with Crippen LogP contribution < -0.4 is 0 Å². The third-order valence-electron chi connectivity index (χ3n) is 4.15. The van der Waals surface area contributed by atoms with Gasteiger partial charge in [-0.3, -0.25) is 0 Å². The normalized spacial score (nSPS) is 26.7. The quantitative estimate of drug-likeness (QED) is 0.838. The maximum atomic E-state index is 12.2. The van der Waals surface area contributed by atoms with E-state index < -0.39 is 11.2 Å². The van der Waals surface area contributed by atoms with Crippen molar-refractivity contribution < 1.29 is 14.6 Å². The smallest absolute Gasteiger partial charge is 0.410 e. The highest BCUT2D eigenvalue weighted by Gasteiger charge is 2.39. The highest BCUT2D eigenvalue weighted by molar-refractivity contribution is 5.69. The Hall–Kier alpha value is -0.770. The molecule has 0 spiro atoms. The summed E-state index contributed by atoms with van der Waals surface area (Å²) in [6, 6.07) is 0.151. The maximum Gasteiger partial charge on any atom is 0.410 e. The number of rotatable bonds is 2. The zero-order valence-electron chi connectivity index (χ0n) is 12.4. The summed E-state index contributed by atoms with van der Waals surface area (Å²) in [5, 5.41) is 10.5. The standard InChI is InChI=1S/C15H27NO3/c1-14(2,3)19-13(17)16-10-6-7-12(16)11-15(18)8-4-5-9-15/h12,18H,4-11H2,1-3H3/t12-/m0/s1. The summed E-state index contributed by atoms with van der Waals surface area (Å²) in [5.41, 5.74) is -0.996. The van der Waals surface area contributed by atoms with Crippen molar-refractivity contribution in [2.75, 3.05) is 6.54 Å². The minimum atomic E-state index is -0.546. The molecule has 1 amide bonds. The Balaban J connectivity index is 1.95. The minimum absolute atomic E-state index is 0.151. The monoisotopic (exact) mass is 269 g/mol. The van der Waals surface area contributed by atoms with E-state index in [1.54, 1.807) is 0 Å². The molecule has 1 saturated heterocycles. The summed E-state index contributed by atoms with van der Waals surface area (Å²) in [6.45, 7) is 6.43. The Morgan fingerprint density at radius 2 is 1.95 bits per heavy atom. The molecule has 0 unspecified atom stereocenters. The van der Waals surface area contributed by atoms with Crippen LogP contribution in [0.25, 0.3) is 0 Å². The van der Waals surface area contributed by atoms with Crippen molar-refractivity contribution in [3.8, 4) is 0 Å². The van der Waals surface area contributed by atoms with Crippen LogP contribution in [0.15, 0.2) is 0 Å². The molecule has 1 aliphatic carbocycles. The van der Waals surface area contributed by atoms with E-state index in [0.717, 1.165) is 45.1 Å². The summed E-state index contributed by atoms with van der Waals surface area (Å²) in [5.74, 6) is 0. The third-order valence-corrected chi connectivity index (χ3v) is 4.15. The van der Waals surface area contributed by atoms with Gasteiger partial charge < -0.3 is 14.7 Å². The predicted molar refractivity (Wildman–Crippen MR) is 74.0 cm³/mol. The van der Waals surface area contributed by atoms with Gasteiger partial charge in [0.05, 0.1) is 5.60 Å². The van der Waals surface area contributed by atoms with Crippen LogP contribution in [0.5, 0.6) is 0 Å². The molecule has 4 heteroatoms. The van der Waals surface area contributed by atoms with E-state index in [9.17, 15) is 9.90 Å². The van der Waals surface area contributed by atoms with E-state index >= 15 is 0 Å². The fourth-order valence-electron chi connectivity index (χ4n) is 3.28. The molecular formula is C15H27NO3. The lowest BCUT2D eigenvalue weighted by Crippen LogP contribution is -2.43. The number of hydrogen-bond donors (Lipinski definition) is 1. The molecule has 19 heavy (non-hydrogen) atoms. The second-order valence-electron chi connectivity index (χ2n) is 7.11. The molecule has 2 aliphatic rings. The molecule has 110 valence electrons. The molecule has 0 aromatic carbocycles. The average Bonchev–Trinajstić information content (AvgIpc) is 2.85. The van der Waals surface area contributed by atoms with E-state index in [0.29, 0.717) is 6.42 Å². The number of ether oxygens (including phenoxy) is 1. The van der Waals surface area contributed by atoms with Gasteiger partial charge in [-0.25, -0.2) is 4.79 Å². The molecule has 1 heterocycles. The molecule has 0 bridgehead atoms. The number of carbonyl (C=O) groups is 1. The van der Waals surface area contributed by atoms with Crippen molar-refractivity contribution >= 4 is 6.09 Å². The van der Waals surface area contributed by atoms with Gasteiger partial charge in [0.15, 0.2) is 0 Å². The first kappa shape index (κ1) is 14.6. The van der Waals surface area contributed by atoms with Gasteiger partial charge in [-0.05, 0) is 52.9 Å². The lowest BCUT2D eigenvalue weighted by Gasteiger charge is -2.32. The van der Waals surface area contributed by atoms with Gasteiger partial charge in [0.1, 0.15) is 5.60 Å². The molecule has 0 aromatic heterocycles. The highest BCUT2D eigenvalue weighted by atomic mass is 16.6. The highest BCUT2D eigenvalue weighted by Crippen LogP contribution is 2.37. The van der Waals surface area contributed by atoms with Gasteiger partial charge in [-0.2, -0.15) is 0 Å². The number of carbonyl (C=O) groups excluding carboxylic acids is 1. The Bertz CT molecular complexity index is 329. The minimum Gasteiger partial charge on any atom is -0.444 e. The van der Waals surface area contributed by atoms with Crippen LogP contribution in [0.1, 0.15) is 65.7 Å². The predicted octanol–water partition coefficient (Wildman–Crippen LogP) is 3.08. The Morgan fingerprint density at radius 1 is 1.32 bits per heavy atom. The number of likely N-dealkylation sites (tertiary alicyclic amines) is 1. The van der Waals surface area contributed by atoms with Gasteiger partial charge in [0.2, 0.25) is 0 Å². The van der Waals surface area contributed by atoms with E-state index in [1.165, 1.54) is 0 Å². The van der Waals surface area contributed by atoms with Gasteiger partial charge in [-0.15, -0.1) is 0 Å². The zero-order chi connectivity index (χ0) is 14.1. The molecule has 2 fully saturated rings. The van der Waals surface area contributed by atoms with Crippen LogP contribution in [0.2, 0.25) is 0 Å². The number of nitrogens with zero attached hydrogens (tertiary/aromatic N) is 1. The molecule has 1 N–H and O–H groups in total. The van der Waals surface area contributed by atoms with Crippen molar-refractivity contribution in [3.63, 3.8) is 0 Å². The van der Waals surface area contributed by atoms with Crippen molar-refractivity contribution in [3.05, 3.63) is 0 Å². The van der Waals surface area contributed by atoms with Crippen molar-refractivity contribution in [2.24, 2.45) is 0 Å². The fourth-order valence-corrected chi connectivity index (χ4v) is 3.28. The van der Waals surface area contributed by atoms with E-state index in [2.05, 4.69) is 0 Å². The van der Waals surface area contributed by atoms with Crippen LogP contribution in [-0.2, 0) is 4.74 Å². The fraction of sp³-hybridized carbons (Fsp3) is 0.933. The van der Waals surface area contributed by atoms with E-state index in [-0.39, 0.29) is 12.1 Å². The lowest BCUT2D eigenvalue weighted by molar-refractivity contribution is -0.00260. The Labute approximate surface area is 116 Å². The molecular weight excluding hydrogens is 242 g/mol. The summed E-state index contributed by atoms with van der Waals surface area (Å²) >= 11 is 0. The van der Waals surface area contributed by atoms with Gasteiger partial charge in [0.25, 0.3) is 0 Å². The summed E-state index contributed by atoms with van der Waals surface area (Å²) in [4.78, 5) is 14.0. The molecule has 4 nitrogen and oxygen atoms in total. The van der Waals surface area contributed by atoms with Crippen molar-refractivity contribution in [1.82, 2.24) is 4.90 Å². The van der Waals surface area contributed by atoms with Gasteiger partial charge in [-0.1, -0.05) is 12.8 Å².